The number of rotatable bonds is 7. The summed E-state index contributed by atoms with van der Waals surface area (Å²) in [5.41, 5.74) is 0.783. The third kappa shape index (κ3) is 4.07. The molecule has 0 unspecified atom stereocenters. The van der Waals surface area contributed by atoms with Crippen LogP contribution in [0.1, 0.15) is 40.1 Å². The summed E-state index contributed by atoms with van der Waals surface area (Å²) >= 11 is 2.84. The summed E-state index contributed by atoms with van der Waals surface area (Å²) in [7, 11) is 0. The molecule has 2 rings (SSSR count). The van der Waals surface area contributed by atoms with Crippen molar-refractivity contribution < 1.29 is 4.79 Å². The molecular formula is C12H16N4OS2. The summed E-state index contributed by atoms with van der Waals surface area (Å²) in [5, 5.41) is 9.99. The second kappa shape index (κ2) is 7.30. The lowest BCUT2D eigenvalue weighted by Gasteiger charge is -2.03. The Hall–Kier alpha value is -1.34. The maximum Gasteiger partial charge on any atom is 0.264 e. The highest BCUT2D eigenvalue weighted by Gasteiger charge is 2.13. The number of thiazole rings is 1. The normalized spacial score (nSPS) is 10.6. The third-order valence-electron chi connectivity index (χ3n) is 2.68. The predicted octanol–water partition coefficient (Wildman–Crippen LogP) is 2.31. The van der Waals surface area contributed by atoms with Gasteiger partial charge in [0.15, 0.2) is 0 Å². The van der Waals surface area contributed by atoms with Crippen molar-refractivity contribution in [2.24, 2.45) is 0 Å². The zero-order valence-corrected chi connectivity index (χ0v) is 12.4. The number of aromatic nitrogens is 3. The average Bonchev–Trinajstić information content (AvgIpc) is 3.08. The number of nitrogens with zero attached hydrogens (tertiary/aromatic N) is 3. The van der Waals surface area contributed by atoms with Gasteiger partial charge in [-0.15, -0.1) is 16.4 Å². The fourth-order valence-electron chi connectivity index (χ4n) is 1.67. The summed E-state index contributed by atoms with van der Waals surface area (Å²) in [6, 6.07) is 0. The number of carbonyl (C=O) groups is 1. The Kier molecular flexibility index (Phi) is 5.41. The molecule has 0 aromatic carbocycles. The van der Waals surface area contributed by atoms with Crippen LogP contribution in [0.4, 0.5) is 0 Å². The van der Waals surface area contributed by atoms with Gasteiger partial charge in [-0.05, 0) is 37.2 Å². The van der Waals surface area contributed by atoms with Crippen molar-refractivity contribution in [3.05, 3.63) is 27.2 Å². The maximum atomic E-state index is 11.9. The first-order valence-electron chi connectivity index (χ1n) is 6.29. The van der Waals surface area contributed by atoms with E-state index in [2.05, 4.69) is 19.9 Å². The van der Waals surface area contributed by atoms with Crippen molar-refractivity contribution in [2.75, 3.05) is 6.54 Å². The lowest BCUT2D eigenvalue weighted by atomic mass is 10.2. The Morgan fingerprint density at radius 3 is 3.05 bits per heavy atom. The molecule has 0 radical (unpaired) electrons. The van der Waals surface area contributed by atoms with Crippen molar-refractivity contribution in [1.82, 2.24) is 19.9 Å². The van der Waals surface area contributed by atoms with Crippen LogP contribution >= 0.6 is 22.9 Å². The molecule has 0 saturated heterocycles. The molecule has 7 heteroatoms. The Balaban J connectivity index is 1.67. The zero-order chi connectivity index (χ0) is 13.5. The second-order valence-corrected chi connectivity index (χ2v) is 5.77. The van der Waals surface area contributed by atoms with Crippen LogP contribution in [0.3, 0.4) is 0 Å². The molecule has 0 bridgehead atoms. The van der Waals surface area contributed by atoms with Crippen LogP contribution in [0, 0.1) is 0 Å². The number of carbonyl (C=O) groups excluding carboxylic acids is 1. The summed E-state index contributed by atoms with van der Waals surface area (Å²) in [6.07, 6.45) is 5.54. The van der Waals surface area contributed by atoms with Gasteiger partial charge in [-0.1, -0.05) is 11.4 Å². The SMILES string of the molecule is CCc1nnsc1C(=O)NCCCCc1nccs1. The van der Waals surface area contributed by atoms with Crippen molar-refractivity contribution in [1.29, 1.82) is 0 Å². The van der Waals surface area contributed by atoms with Gasteiger partial charge in [0.1, 0.15) is 4.88 Å². The first-order valence-corrected chi connectivity index (χ1v) is 7.94. The predicted molar refractivity (Wildman–Crippen MR) is 76.7 cm³/mol. The van der Waals surface area contributed by atoms with Gasteiger partial charge in [0.25, 0.3) is 5.91 Å². The number of nitrogens with one attached hydrogen (secondary N) is 1. The standard InChI is InChI=1S/C12H16N4OS2/c1-2-9-11(19-16-15-9)12(17)14-6-4-3-5-10-13-7-8-18-10/h7-8H,2-6H2,1H3,(H,14,17). The van der Waals surface area contributed by atoms with Crippen LogP contribution in [0.15, 0.2) is 11.6 Å². The van der Waals surface area contributed by atoms with E-state index < -0.39 is 0 Å². The molecule has 0 spiro atoms. The molecule has 0 aliphatic carbocycles. The molecule has 1 amide bonds. The minimum Gasteiger partial charge on any atom is -0.351 e. The van der Waals surface area contributed by atoms with E-state index in [4.69, 9.17) is 0 Å². The fraction of sp³-hybridized carbons (Fsp3) is 0.500. The lowest BCUT2D eigenvalue weighted by molar-refractivity contribution is 0.0956. The van der Waals surface area contributed by atoms with Gasteiger partial charge in [0.05, 0.1) is 10.7 Å². The number of hydrogen-bond acceptors (Lipinski definition) is 6. The maximum absolute atomic E-state index is 11.9. The molecule has 0 aliphatic rings. The third-order valence-corrected chi connectivity index (χ3v) is 4.29. The topological polar surface area (TPSA) is 67.8 Å². The van der Waals surface area contributed by atoms with E-state index in [0.717, 1.165) is 47.9 Å². The first kappa shape index (κ1) is 14.1. The average molecular weight is 296 g/mol. The van der Waals surface area contributed by atoms with Gasteiger partial charge in [-0.3, -0.25) is 4.79 Å². The van der Waals surface area contributed by atoms with Crippen LogP contribution in [-0.4, -0.2) is 27.0 Å². The molecular weight excluding hydrogens is 280 g/mol. The molecule has 0 fully saturated rings. The number of unbranched alkanes of at least 4 members (excludes halogenated alkanes) is 1. The van der Waals surface area contributed by atoms with E-state index in [1.807, 2.05) is 18.5 Å². The minimum atomic E-state index is -0.0545. The largest absolute Gasteiger partial charge is 0.351 e. The van der Waals surface area contributed by atoms with E-state index >= 15 is 0 Å². The number of aryl methyl sites for hydroxylation is 2. The van der Waals surface area contributed by atoms with Crippen LogP contribution in [0.25, 0.3) is 0 Å². The van der Waals surface area contributed by atoms with Gasteiger partial charge in [0.2, 0.25) is 0 Å². The Morgan fingerprint density at radius 1 is 1.42 bits per heavy atom. The van der Waals surface area contributed by atoms with Gasteiger partial charge in [0, 0.05) is 18.1 Å². The number of hydrogen-bond donors (Lipinski definition) is 1. The zero-order valence-electron chi connectivity index (χ0n) is 10.8. The van der Waals surface area contributed by atoms with Crippen molar-refractivity contribution in [2.45, 2.75) is 32.6 Å². The van der Waals surface area contributed by atoms with E-state index in [9.17, 15) is 4.79 Å². The fourth-order valence-corrected chi connectivity index (χ4v) is 3.00. The van der Waals surface area contributed by atoms with Gasteiger partial charge < -0.3 is 5.32 Å². The first-order chi connectivity index (χ1) is 9.31. The van der Waals surface area contributed by atoms with Crippen molar-refractivity contribution in [3.63, 3.8) is 0 Å². The second-order valence-electron chi connectivity index (χ2n) is 4.04. The lowest BCUT2D eigenvalue weighted by Crippen LogP contribution is -2.24. The van der Waals surface area contributed by atoms with Crippen molar-refractivity contribution in [3.8, 4) is 0 Å². The highest BCUT2D eigenvalue weighted by atomic mass is 32.1. The molecule has 19 heavy (non-hydrogen) atoms. The molecule has 1 N–H and O–H groups in total. The van der Waals surface area contributed by atoms with Crippen LogP contribution < -0.4 is 5.32 Å². The highest BCUT2D eigenvalue weighted by molar-refractivity contribution is 7.09. The smallest absolute Gasteiger partial charge is 0.264 e. The molecule has 5 nitrogen and oxygen atoms in total. The number of amides is 1. The molecule has 0 saturated carbocycles. The summed E-state index contributed by atoms with van der Waals surface area (Å²) in [6.45, 7) is 2.66. The van der Waals surface area contributed by atoms with Crippen LogP contribution in [0.2, 0.25) is 0 Å². The van der Waals surface area contributed by atoms with E-state index in [1.54, 1.807) is 11.3 Å². The summed E-state index contributed by atoms with van der Waals surface area (Å²) in [4.78, 5) is 16.8. The molecule has 2 heterocycles. The quantitative estimate of drug-likeness (QED) is 0.796. The molecule has 0 aliphatic heterocycles. The molecule has 102 valence electrons. The van der Waals surface area contributed by atoms with Crippen molar-refractivity contribution >= 4 is 28.8 Å². The Labute approximate surface area is 120 Å². The van der Waals surface area contributed by atoms with E-state index in [1.165, 1.54) is 0 Å². The van der Waals surface area contributed by atoms with E-state index in [0.29, 0.717) is 11.4 Å². The molecule has 0 atom stereocenters. The van der Waals surface area contributed by atoms with Gasteiger partial charge in [-0.25, -0.2) is 4.98 Å². The Bertz CT molecular complexity index is 510. The monoisotopic (exact) mass is 296 g/mol. The Morgan fingerprint density at radius 2 is 2.32 bits per heavy atom. The molecule has 2 aromatic rings. The summed E-state index contributed by atoms with van der Waals surface area (Å²) in [5.74, 6) is -0.0545. The van der Waals surface area contributed by atoms with Gasteiger partial charge >= 0.3 is 0 Å². The van der Waals surface area contributed by atoms with E-state index in [-0.39, 0.29) is 5.91 Å². The van der Waals surface area contributed by atoms with Crippen LogP contribution in [0.5, 0.6) is 0 Å². The summed E-state index contributed by atoms with van der Waals surface area (Å²) < 4.78 is 3.82. The minimum absolute atomic E-state index is 0.0545. The highest BCUT2D eigenvalue weighted by Crippen LogP contribution is 2.11. The van der Waals surface area contributed by atoms with Crippen LogP contribution in [-0.2, 0) is 12.8 Å². The van der Waals surface area contributed by atoms with Gasteiger partial charge in [-0.2, -0.15) is 0 Å². The molecule has 2 aromatic heterocycles.